The average Bonchev–Trinajstić information content (AvgIpc) is 2.78. The van der Waals surface area contributed by atoms with E-state index in [0.29, 0.717) is 12.3 Å². The molecule has 0 saturated heterocycles. The molecule has 0 aromatic heterocycles. The Balaban J connectivity index is 2.16. The molecular weight excluding hydrogens is 196 g/mol. The van der Waals surface area contributed by atoms with Gasteiger partial charge in [0.25, 0.3) is 0 Å². The molecule has 2 aliphatic rings. The van der Waals surface area contributed by atoms with Crippen LogP contribution in [0.15, 0.2) is 0 Å². The molecule has 2 aliphatic carbocycles. The van der Waals surface area contributed by atoms with E-state index >= 15 is 0 Å². The zero-order valence-corrected chi connectivity index (χ0v) is 8.77. The summed E-state index contributed by atoms with van der Waals surface area (Å²) >= 11 is 0. The fraction of sp³-hybridized carbons (Fsp3) is 0.818. The molecule has 0 aromatic rings. The van der Waals surface area contributed by atoms with Crippen LogP contribution in [0.4, 0.5) is 0 Å². The quantitative estimate of drug-likeness (QED) is 0.745. The van der Waals surface area contributed by atoms with E-state index in [0.717, 1.165) is 19.3 Å². The third-order valence-corrected chi connectivity index (χ3v) is 4.12. The largest absolute Gasteiger partial charge is 0.481 e. The number of rotatable bonds is 3. The van der Waals surface area contributed by atoms with Crippen LogP contribution in [-0.2, 0) is 9.59 Å². The van der Waals surface area contributed by atoms with Crippen LogP contribution in [0.5, 0.6) is 0 Å². The minimum absolute atomic E-state index is 0.0751. The van der Waals surface area contributed by atoms with Gasteiger partial charge in [-0.15, -0.1) is 0 Å². The Kier molecular flexibility index (Phi) is 2.24. The molecule has 0 spiro atoms. The second-order valence-electron chi connectivity index (χ2n) is 5.06. The van der Waals surface area contributed by atoms with Gasteiger partial charge in [-0.25, -0.2) is 0 Å². The van der Waals surface area contributed by atoms with E-state index < -0.39 is 23.3 Å². The van der Waals surface area contributed by atoms with Crippen molar-refractivity contribution < 1.29 is 19.8 Å². The number of hydrogen-bond donors (Lipinski definition) is 2. The van der Waals surface area contributed by atoms with Crippen molar-refractivity contribution in [2.45, 2.75) is 32.6 Å². The first kappa shape index (κ1) is 10.5. The topological polar surface area (TPSA) is 74.6 Å². The van der Waals surface area contributed by atoms with Crippen LogP contribution in [0.25, 0.3) is 0 Å². The molecule has 2 fully saturated rings. The van der Waals surface area contributed by atoms with Crippen molar-refractivity contribution in [3.8, 4) is 0 Å². The SMILES string of the molecule is CC1CCC(C2(C(=O)O)CC2C(=O)O)C1. The van der Waals surface area contributed by atoms with E-state index in [-0.39, 0.29) is 5.92 Å². The van der Waals surface area contributed by atoms with Gasteiger partial charge < -0.3 is 10.2 Å². The van der Waals surface area contributed by atoms with Crippen molar-refractivity contribution in [2.75, 3.05) is 0 Å². The number of carbonyl (C=O) groups is 2. The number of aliphatic carboxylic acids is 2. The van der Waals surface area contributed by atoms with Gasteiger partial charge in [0.15, 0.2) is 0 Å². The van der Waals surface area contributed by atoms with Gasteiger partial charge in [-0.3, -0.25) is 9.59 Å². The second kappa shape index (κ2) is 3.22. The maximum absolute atomic E-state index is 11.2. The first-order chi connectivity index (χ1) is 6.98. The van der Waals surface area contributed by atoms with Crippen LogP contribution in [0, 0.1) is 23.2 Å². The molecule has 0 amide bonds. The molecule has 0 radical (unpaired) electrons. The van der Waals surface area contributed by atoms with Gasteiger partial charge in [-0.05, 0) is 31.1 Å². The van der Waals surface area contributed by atoms with Crippen LogP contribution < -0.4 is 0 Å². The maximum Gasteiger partial charge on any atom is 0.310 e. The highest BCUT2D eigenvalue weighted by Gasteiger charge is 2.68. The van der Waals surface area contributed by atoms with Crippen molar-refractivity contribution in [1.29, 1.82) is 0 Å². The Bertz CT molecular complexity index is 312. The molecule has 4 atom stereocenters. The summed E-state index contributed by atoms with van der Waals surface area (Å²) in [7, 11) is 0. The predicted molar refractivity (Wildman–Crippen MR) is 52.3 cm³/mol. The highest BCUT2D eigenvalue weighted by molar-refractivity contribution is 5.89. The third kappa shape index (κ3) is 1.43. The number of carboxylic acid groups (broad SMARTS) is 2. The number of carboxylic acids is 2. The highest BCUT2D eigenvalue weighted by atomic mass is 16.4. The molecule has 4 heteroatoms. The molecule has 2 rings (SSSR count). The van der Waals surface area contributed by atoms with Crippen molar-refractivity contribution >= 4 is 11.9 Å². The average molecular weight is 212 g/mol. The summed E-state index contributed by atoms with van der Waals surface area (Å²) in [6, 6.07) is 0. The van der Waals surface area contributed by atoms with Crippen LogP contribution in [-0.4, -0.2) is 22.2 Å². The summed E-state index contributed by atoms with van der Waals surface area (Å²) in [6.07, 6.45) is 3.11. The fourth-order valence-electron chi connectivity index (χ4n) is 3.12. The molecule has 84 valence electrons. The molecule has 15 heavy (non-hydrogen) atoms. The molecule has 2 saturated carbocycles. The summed E-state index contributed by atoms with van der Waals surface area (Å²) in [5.41, 5.74) is -0.934. The molecule has 0 aliphatic heterocycles. The van der Waals surface area contributed by atoms with Crippen molar-refractivity contribution in [2.24, 2.45) is 23.2 Å². The van der Waals surface area contributed by atoms with Gasteiger partial charge in [0, 0.05) is 0 Å². The monoisotopic (exact) mass is 212 g/mol. The van der Waals surface area contributed by atoms with E-state index in [2.05, 4.69) is 6.92 Å². The van der Waals surface area contributed by atoms with E-state index in [1.165, 1.54) is 0 Å². The maximum atomic E-state index is 11.2. The lowest BCUT2D eigenvalue weighted by molar-refractivity contribution is -0.151. The van der Waals surface area contributed by atoms with Crippen LogP contribution >= 0.6 is 0 Å². The second-order valence-corrected chi connectivity index (χ2v) is 5.06. The first-order valence-electron chi connectivity index (χ1n) is 5.44. The van der Waals surface area contributed by atoms with Crippen molar-refractivity contribution in [3.05, 3.63) is 0 Å². The van der Waals surface area contributed by atoms with Crippen molar-refractivity contribution in [1.82, 2.24) is 0 Å². The summed E-state index contributed by atoms with van der Waals surface area (Å²) in [4.78, 5) is 22.1. The first-order valence-corrected chi connectivity index (χ1v) is 5.44. The Morgan fingerprint density at radius 1 is 1.27 bits per heavy atom. The summed E-state index contributed by atoms with van der Waals surface area (Å²) in [5, 5.41) is 18.1. The lowest BCUT2D eigenvalue weighted by Gasteiger charge is -2.19. The van der Waals surface area contributed by atoms with E-state index in [4.69, 9.17) is 5.11 Å². The van der Waals surface area contributed by atoms with Crippen LogP contribution in [0.2, 0.25) is 0 Å². The van der Waals surface area contributed by atoms with Gasteiger partial charge in [0.2, 0.25) is 0 Å². The Morgan fingerprint density at radius 2 is 1.93 bits per heavy atom. The zero-order valence-electron chi connectivity index (χ0n) is 8.77. The minimum atomic E-state index is -0.947. The zero-order chi connectivity index (χ0) is 11.2. The summed E-state index contributed by atoms with van der Waals surface area (Å²) < 4.78 is 0. The van der Waals surface area contributed by atoms with Gasteiger partial charge in [-0.2, -0.15) is 0 Å². The molecule has 4 unspecified atom stereocenters. The van der Waals surface area contributed by atoms with Crippen molar-refractivity contribution in [3.63, 3.8) is 0 Å². The van der Waals surface area contributed by atoms with Gasteiger partial charge >= 0.3 is 11.9 Å². The molecule has 0 heterocycles. The smallest absolute Gasteiger partial charge is 0.310 e. The van der Waals surface area contributed by atoms with Crippen LogP contribution in [0.3, 0.4) is 0 Å². The summed E-state index contributed by atoms with van der Waals surface area (Å²) in [6.45, 7) is 2.10. The van der Waals surface area contributed by atoms with E-state index in [1.54, 1.807) is 0 Å². The Hall–Kier alpha value is -1.06. The lowest BCUT2D eigenvalue weighted by Crippen LogP contribution is -2.28. The van der Waals surface area contributed by atoms with E-state index in [9.17, 15) is 14.7 Å². The highest BCUT2D eigenvalue weighted by Crippen LogP contribution is 2.62. The van der Waals surface area contributed by atoms with E-state index in [1.807, 2.05) is 0 Å². The Labute approximate surface area is 88.3 Å². The van der Waals surface area contributed by atoms with Gasteiger partial charge in [0.05, 0.1) is 11.3 Å². The predicted octanol–water partition coefficient (Wildman–Crippen LogP) is 1.60. The van der Waals surface area contributed by atoms with Crippen LogP contribution in [0.1, 0.15) is 32.6 Å². The Morgan fingerprint density at radius 3 is 2.27 bits per heavy atom. The van der Waals surface area contributed by atoms with Gasteiger partial charge in [0.1, 0.15) is 0 Å². The normalized spacial score (nSPS) is 43.9. The molecule has 0 bridgehead atoms. The molecule has 0 aromatic carbocycles. The minimum Gasteiger partial charge on any atom is -0.481 e. The lowest BCUT2D eigenvalue weighted by atomic mass is 9.85. The fourth-order valence-corrected chi connectivity index (χ4v) is 3.12. The summed E-state index contributed by atoms with van der Waals surface area (Å²) in [5.74, 6) is -1.89. The molecule has 4 nitrogen and oxygen atoms in total. The molecular formula is C11H16O4. The van der Waals surface area contributed by atoms with Gasteiger partial charge in [-0.1, -0.05) is 13.3 Å². The third-order valence-electron chi connectivity index (χ3n) is 4.12. The molecule has 2 N–H and O–H groups in total. The standard InChI is InChI=1S/C11H16O4/c1-6-2-3-7(4-6)11(10(14)15)5-8(11)9(12)13/h6-8H,2-5H2,1H3,(H,12,13)(H,14,15). The number of hydrogen-bond acceptors (Lipinski definition) is 2.